The molecule has 66 valence electrons. The molecule has 1 atom stereocenters. The first-order chi connectivity index (χ1) is 5.57. The summed E-state index contributed by atoms with van der Waals surface area (Å²) in [5.41, 5.74) is 7.19. The van der Waals surface area contributed by atoms with Crippen LogP contribution in [0.25, 0.3) is 0 Å². The summed E-state index contributed by atoms with van der Waals surface area (Å²) in [6.45, 7) is 3.67. The molecule has 0 bridgehead atoms. The first-order valence-corrected chi connectivity index (χ1v) is 4.66. The lowest BCUT2D eigenvalue weighted by Gasteiger charge is -2.03. The highest BCUT2D eigenvalue weighted by Gasteiger charge is 1.98. The summed E-state index contributed by atoms with van der Waals surface area (Å²) < 4.78 is 0. The number of rotatable bonds is 4. The zero-order chi connectivity index (χ0) is 9.56. The van der Waals surface area contributed by atoms with E-state index in [9.17, 15) is 0 Å². The number of nitrogens with one attached hydrogen (secondary N) is 1. The summed E-state index contributed by atoms with van der Waals surface area (Å²) in [6, 6.07) is -0.288. The van der Waals surface area contributed by atoms with Gasteiger partial charge in [-0.3, -0.25) is 0 Å². The fourth-order valence-electron chi connectivity index (χ4n) is 0.503. The molecule has 3 N–H and O–H groups in total. The minimum atomic E-state index is -0.288. The van der Waals surface area contributed by atoms with E-state index >= 15 is 0 Å². The molecule has 0 aliphatic rings. The van der Waals surface area contributed by atoms with E-state index in [2.05, 4.69) is 5.92 Å². The second-order valence-corrected chi connectivity index (χ2v) is 3.46. The molecule has 0 rings (SSSR count). The molecule has 0 aliphatic heterocycles. The van der Waals surface area contributed by atoms with Crippen molar-refractivity contribution >= 4 is 17.5 Å². The van der Waals surface area contributed by atoms with Crippen molar-refractivity contribution in [1.82, 2.24) is 0 Å². The van der Waals surface area contributed by atoms with Crippen LogP contribution in [0.2, 0.25) is 0 Å². The number of thioether (sulfide) groups is 1. The summed E-state index contributed by atoms with van der Waals surface area (Å²) >= 11 is 1.55. The first kappa shape index (κ1) is 11.3. The Labute approximate surface area is 78.1 Å². The Morgan fingerprint density at radius 1 is 1.75 bits per heavy atom. The van der Waals surface area contributed by atoms with Crippen LogP contribution in [0.4, 0.5) is 0 Å². The summed E-state index contributed by atoms with van der Waals surface area (Å²) in [7, 11) is 0. The van der Waals surface area contributed by atoms with E-state index in [1.54, 1.807) is 18.7 Å². The Morgan fingerprint density at radius 2 is 2.33 bits per heavy atom. The van der Waals surface area contributed by atoms with Crippen LogP contribution >= 0.6 is 11.8 Å². The van der Waals surface area contributed by atoms with Crippen molar-refractivity contribution in [2.45, 2.75) is 19.9 Å². The molecule has 0 aromatic carbocycles. The molecule has 0 heterocycles. The second kappa shape index (κ2) is 5.87. The minimum Gasteiger partial charge on any atom is -0.314 e. The monoisotopic (exact) mass is 182 g/mol. The third-order valence-electron chi connectivity index (χ3n) is 1.24. The Morgan fingerprint density at radius 3 is 2.75 bits per heavy atom. The molecule has 0 radical (unpaired) electrons. The lowest BCUT2D eigenvalue weighted by molar-refractivity contribution is 0.986. The molecular weight excluding hydrogens is 168 g/mol. The van der Waals surface area contributed by atoms with Gasteiger partial charge in [-0.15, -0.1) is 18.2 Å². The predicted octanol–water partition coefficient (Wildman–Crippen LogP) is 1.62. The van der Waals surface area contributed by atoms with E-state index in [0.717, 1.165) is 5.57 Å². The quantitative estimate of drug-likeness (QED) is 0.513. The molecule has 0 aromatic rings. The Hall–Kier alpha value is -0.720. The molecule has 0 fully saturated rings. The SMILES string of the molecule is C#CC(N)C(C)=CSCC(C)=N. The fraction of sp³-hybridized carbons (Fsp3) is 0.444. The summed E-state index contributed by atoms with van der Waals surface area (Å²) in [4.78, 5) is 0. The van der Waals surface area contributed by atoms with E-state index in [1.807, 2.05) is 12.3 Å². The van der Waals surface area contributed by atoms with Gasteiger partial charge in [0.1, 0.15) is 0 Å². The van der Waals surface area contributed by atoms with Crippen molar-refractivity contribution in [3.8, 4) is 12.3 Å². The van der Waals surface area contributed by atoms with Crippen LogP contribution in [0.3, 0.4) is 0 Å². The average molecular weight is 182 g/mol. The van der Waals surface area contributed by atoms with Crippen molar-refractivity contribution in [2.24, 2.45) is 5.73 Å². The highest BCUT2D eigenvalue weighted by atomic mass is 32.2. The molecule has 0 amide bonds. The Balaban J connectivity index is 3.86. The maximum Gasteiger partial charge on any atom is 0.0883 e. The van der Waals surface area contributed by atoms with Crippen molar-refractivity contribution in [1.29, 1.82) is 5.41 Å². The van der Waals surface area contributed by atoms with Gasteiger partial charge in [0.05, 0.1) is 6.04 Å². The van der Waals surface area contributed by atoms with Crippen LogP contribution in [0.5, 0.6) is 0 Å². The smallest absolute Gasteiger partial charge is 0.0883 e. The van der Waals surface area contributed by atoms with Crippen LogP contribution < -0.4 is 5.73 Å². The highest BCUT2D eigenvalue weighted by Crippen LogP contribution is 2.08. The van der Waals surface area contributed by atoms with Crippen LogP contribution in [-0.4, -0.2) is 17.5 Å². The number of hydrogen-bond donors (Lipinski definition) is 2. The minimum absolute atomic E-state index is 0.288. The maximum absolute atomic E-state index is 7.17. The Bertz CT molecular complexity index is 225. The molecule has 3 heteroatoms. The van der Waals surface area contributed by atoms with E-state index < -0.39 is 0 Å². The van der Waals surface area contributed by atoms with Crippen molar-refractivity contribution in [3.63, 3.8) is 0 Å². The number of hydrogen-bond acceptors (Lipinski definition) is 3. The van der Waals surface area contributed by atoms with Gasteiger partial charge in [-0.2, -0.15) is 0 Å². The lowest BCUT2D eigenvalue weighted by atomic mass is 10.2. The van der Waals surface area contributed by atoms with Gasteiger partial charge in [0.15, 0.2) is 0 Å². The molecule has 12 heavy (non-hydrogen) atoms. The molecule has 0 aromatic heterocycles. The topological polar surface area (TPSA) is 49.9 Å². The molecule has 2 nitrogen and oxygen atoms in total. The molecular formula is C9H14N2S. The third-order valence-corrected chi connectivity index (χ3v) is 2.38. The number of terminal acetylenes is 1. The van der Waals surface area contributed by atoms with E-state index in [0.29, 0.717) is 11.5 Å². The third kappa shape index (κ3) is 5.00. The molecule has 1 unspecified atom stereocenters. The van der Waals surface area contributed by atoms with Crippen molar-refractivity contribution < 1.29 is 0 Å². The maximum atomic E-state index is 7.17. The van der Waals surface area contributed by atoms with E-state index in [-0.39, 0.29) is 6.04 Å². The normalized spacial score (nSPS) is 13.7. The first-order valence-electron chi connectivity index (χ1n) is 3.62. The van der Waals surface area contributed by atoms with E-state index in [1.165, 1.54) is 0 Å². The van der Waals surface area contributed by atoms with Crippen molar-refractivity contribution in [2.75, 3.05) is 5.75 Å². The zero-order valence-corrected chi connectivity index (χ0v) is 8.24. The molecule has 0 aliphatic carbocycles. The Kier molecular flexibility index (Phi) is 5.52. The average Bonchev–Trinajstić information content (AvgIpc) is 2.02. The molecule has 0 saturated carbocycles. The lowest BCUT2D eigenvalue weighted by Crippen LogP contribution is -2.18. The summed E-state index contributed by atoms with van der Waals surface area (Å²) in [5, 5.41) is 9.09. The van der Waals surface area contributed by atoms with Crippen LogP contribution in [0.1, 0.15) is 13.8 Å². The van der Waals surface area contributed by atoms with Crippen LogP contribution in [0.15, 0.2) is 11.0 Å². The summed E-state index contributed by atoms with van der Waals surface area (Å²) in [5.74, 6) is 3.15. The fourth-order valence-corrected chi connectivity index (χ4v) is 1.25. The van der Waals surface area contributed by atoms with Gasteiger partial charge in [0.25, 0.3) is 0 Å². The zero-order valence-electron chi connectivity index (χ0n) is 7.42. The molecule has 0 spiro atoms. The van der Waals surface area contributed by atoms with Gasteiger partial charge >= 0.3 is 0 Å². The summed E-state index contributed by atoms with van der Waals surface area (Å²) in [6.07, 6.45) is 5.14. The van der Waals surface area contributed by atoms with Gasteiger partial charge in [-0.1, -0.05) is 5.92 Å². The number of nitrogens with two attached hydrogens (primary N) is 1. The van der Waals surface area contributed by atoms with Crippen molar-refractivity contribution in [3.05, 3.63) is 11.0 Å². The van der Waals surface area contributed by atoms with Crippen LogP contribution in [-0.2, 0) is 0 Å². The highest BCUT2D eigenvalue weighted by molar-refractivity contribution is 8.02. The van der Waals surface area contributed by atoms with Gasteiger partial charge in [0, 0.05) is 11.5 Å². The largest absolute Gasteiger partial charge is 0.314 e. The van der Waals surface area contributed by atoms with Gasteiger partial charge in [-0.25, -0.2) is 0 Å². The van der Waals surface area contributed by atoms with E-state index in [4.69, 9.17) is 17.6 Å². The van der Waals surface area contributed by atoms with Gasteiger partial charge in [-0.05, 0) is 24.8 Å². The van der Waals surface area contributed by atoms with Gasteiger partial charge in [0.2, 0.25) is 0 Å². The standard InChI is InChI=1S/C9H14N2S/c1-4-9(11)7(2)5-12-6-8(3)10/h1,5,9-10H,6,11H2,2-3H3. The molecule has 0 saturated heterocycles. The van der Waals surface area contributed by atoms with Crippen LogP contribution in [0, 0.1) is 17.8 Å². The predicted molar refractivity (Wildman–Crippen MR) is 56.4 cm³/mol. The second-order valence-electron chi connectivity index (χ2n) is 2.60. The van der Waals surface area contributed by atoms with Gasteiger partial charge < -0.3 is 11.1 Å².